The number of ether oxygens (including phenoxy) is 1. The molecule has 1 saturated heterocycles. The first-order valence-electron chi connectivity index (χ1n) is 8.58. The second-order valence-corrected chi connectivity index (χ2v) is 7.47. The molecule has 26 heavy (non-hydrogen) atoms. The Balaban J connectivity index is 1.58. The number of rotatable bonds is 2. The number of nitrogens with one attached hydrogen (secondary N) is 2. The smallest absolute Gasteiger partial charge is 0.219 e. The molecule has 5 rings (SSSR count). The zero-order valence-electron chi connectivity index (χ0n) is 14.1. The molecule has 9 heteroatoms. The zero-order valence-corrected chi connectivity index (χ0v) is 14.9. The highest BCUT2D eigenvalue weighted by atomic mass is 32.1. The SMILES string of the molecule is Nc1ncc(C2Nc3c(sc4ccncc34)C(N3CCOCC3)N2)cn1. The number of nitrogen functional groups attached to an aromatic ring is 1. The largest absolute Gasteiger partial charge is 0.379 e. The van der Waals surface area contributed by atoms with Crippen LogP contribution in [-0.2, 0) is 4.74 Å². The maximum absolute atomic E-state index is 5.64. The van der Waals surface area contributed by atoms with Gasteiger partial charge in [0, 0.05) is 53.5 Å². The Bertz CT molecular complexity index is 923. The summed E-state index contributed by atoms with van der Waals surface area (Å²) in [4.78, 5) is 16.3. The van der Waals surface area contributed by atoms with Crippen molar-refractivity contribution in [3.8, 4) is 0 Å². The number of anilines is 2. The molecule has 0 radical (unpaired) electrons. The summed E-state index contributed by atoms with van der Waals surface area (Å²) in [5.41, 5.74) is 7.73. The van der Waals surface area contributed by atoms with Crippen molar-refractivity contribution < 1.29 is 4.74 Å². The van der Waals surface area contributed by atoms with Crippen LogP contribution in [0, 0.1) is 0 Å². The van der Waals surface area contributed by atoms with Crippen LogP contribution in [0.25, 0.3) is 10.1 Å². The molecule has 2 unspecified atom stereocenters. The minimum Gasteiger partial charge on any atom is -0.379 e. The first-order chi connectivity index (χ1) is 12.8. The van der Waals surface area contributed by atoms with E-state index in [2.05, 4.69) is 36.6 Å². The van der Waals surface area contributed by atoms with Gasteiger partial charge in [0.05, 0.1) is 29.9 Å². The lowest BCUT2D eigenvalue weighted by atomic mass is 10.1. The molecule has 0 bridgehead atoms. The Kier molecular flexibility index (Phi) is 3.93. The summed E-state index contributed by atoms with van der Waals surface area (Å²) < 4.78 is 6.77. The van der Waals surface area contributed by atoms with Gasteiger partial charge in [0.1, 0.15) is 6.17 Å². The van der Waals surface area contributed by atoms with Crippen molar-refractivity contribution in [1.29, 1.82) is 0 Å². The molecule has 2 aliphatic heterocycles. The Morgan fingerprint density at radius 2 is 2.00 bits per heavy atom. The molecule has 3 aromatic rings. The number of fused-ring (bicyclic) bond motifs is 3. The number of hydrogen-bond donors (Lipinski definition) is 3. The van der Waals surface area contributed by atoms with Crippen LogP contribution in [0.3, 0.4) is 0 Å². The fraction of sp³-hybridized carbons (Fsp3) is 0.353. The molecule has 8 nitrogen and oxygen atoms in total. The molecule has 134 valence electrons. The van der Waals surface area contributed by atoms with Gasteiger partial charge in [-0.05, 0) is 6.07 Å². The Morgan fingerprint density at radius 1 is 1.19 bits per heavy atom. The van der Waals surface area contributed by atoms with Gasteiger partial charge in [-0.2, -0.15) is 0 Å². The van der Waals surface area contributed by atoms with Gasteiger partial charge in [-0.15, -0.1) is 11.3 Å². The van der Waals surface area contributed by atoms with Crippen molar-refractivity contribution >= 4 is 33.1 Å². The number of pyridine rings is 1. The van der Waals surface area contributed by atoms with E-state index in [0.717, 1.165) is 42.9 Å². The van der Waals surface area contributed by atoms with Gasteiger partial charge in [-0.3, -0.25) is 15.2 Å². The molecule has 3 aromatic heterocycles. The van der Waals surface area contributed by atoms with Gasteiger partial charge in [-0.1, -0.05) is 0 Å². The average molecular weight is 369 g/mol. The molecule has 0 aromatic carbocycles. The minimum atomic E-state index is -0.103. The Hall–Kier alpha value is -2.33. The van der Waals surface area contributed by atoms with E-state index in [4.69, 9.17) is 10.5 Å². The molecule has 2 atom stereocenters. The molecule has 0 aliphatic carbocycles. The van der Waals surface area contributed by atoms with Crippen molar-refractivity contribution in [2.45, 2.75) is 12.3 Å². The van der Waals surface area contributed by atoms with Gasteiger partial charge in [0.2, 0.25) is 5.95 Å². The number of morpholine rings is 1. The van der Waals surface area contributed by atoms with Crippen LogP contribution >= 0.6 is 11.3 Å². The summed E-state index contributed by atoms with van der Waals surface area (Å²) >= 11 is 1.80. The van der Waals surface area contributed by atoms with E-state index in [1.165, 1.54) is 9.58 Å². The van der Waals surface area contributed by atoms with Crippen molar-refractivity contribution in [2.24, 2.45) is 0 Å². The van der Waals surface area contributed by atoms with Gasteiger partial charge >= 0.3 is 0 Å². The highest BCUT2D eigenvalue weighted by molar-refractivity contribution is 7.19. The fourth-order valence-corrected chi connectivity index (χ4v) is 4.74. The number of thiophene rings is 1. The molecular formula is C17H19N7OS. The van der Waals surface area contributed by atoms with Crippen LogP contribution in [0.15, 0.2) is 30.9 Å². The highest BCUT2D eigenvalue weighted by Gasteiger charge is 2.34. The van der Waals surface area contributed by atoms with Crippen molar-refractivity contribution in [3.05, 3.63) is 41.3 Å². The molecule has 0 saturated carbocycles. The molecular weight excluding hydrogens is 350 g/mol. The van der Waals surface area contributed by atoms with Crippen molar-refractivity contribution in [2.75, 3.05) is 37.4 Å². The number of nitrogens with zero attached hydrogens (tertiary/aromatic N) is 4. The molecule has 1 fully saturated rings. The topological polar surface area (TPSA) is 101 Å². The lowest BCUT2D eigenvalue weighted by Gasteiger charge is -2.40. The second kappa shape index (κ2) is 6.44. The summed E-state index contributed by atoms with van der Waals surface area (Å²) in [6.45, 7) is 3.30. The lowest BCUT2D eigenvalue weighted by Crippen LogP contribution is -2.48. The third kappa shape index (κ3) is 2.69. The first-order valence-corrected chi connectivity index (χ1v) is 9.39. The summed E-state index contributed by atoms with van der Waals surface area (Å²) in [6.07, 6.45) is 7.30. The Labute approximate surface area is 154 Å². The third-order valence-electron chi connectivity index (χ3n) is 4.81. The summed E-state index contributed by atoms with van der Waals surface area (Å²) in [5, 5.41) is 8.46. The predicted molar refractivity (Wildman–Crippen MR) is 101 cm³/mol. The fourth-order valence-electron chi connectivity index (χ4n) is 3.51. The normalized spacial score (nSPS) is 23.5. The average Bonchev–Trinajstić information content (AvgIpc) is 3.07. The predicted octanol–water partition coefficient (Wildman–Crippen LogP) is 1.71. The highest BCUT2D eigenvalue weighted by Crippen LogP contribution is 2.44. The van der Waals surface area contributed by atoms with Crippen LogP contribution in [0.4, 0.5) is 11.6 Å². The molecule has 2 aliphatic rings. The minimum absolute atomic E-state index is 0.103. The van der Waals surface area contributed by atoms with Crippen LogP contribution < -0.4 is 16.4 Å². The Morgan fingerprint density at radius 3 is 2.81 bits per heavy atom. The van der Waals surface area contributed by atoms with E-state index in [1.807, 2.05) is 12.4 Å². The lowest BCUT2D eigenvalue weighted by molar-refractivity contribution is 0.00573. The van der Waals surface area contributed by atoms with Crippen LogP contribution in [0.1, 0.15) is 22.8 Å². The molecule has 0 amide bonds. The van der Waals surface area contributed by atoms with Crippen LogP contribution in [0.5, 0.6) is 0 Å². The summed E-state index contributed by atoms with van der Waals surface area (Å²) in [7, 11) is 0. The third-order valence-corrected chi connectivity index (χ3v) is 6.04. The van der Waals surface area contributed by atoms with Crippen molar-refractivity contribution in [3.63, 3.8) is 0 Å². The maximum atomic E-state index is 5.64. The molecule has 4 N–H and O–H groups in total. The van der Waals surface area contributed by atoms with Crippen molar-refractivity contribution in [1.82, 2.24) is 25.2 Å². The van der Waals surface area contributed by atoms with E-state index < -0.39 is 0 Å². The monoisotopic (exact) mass is 369 g/mol. The van der Waals surface area contributed by atoms with Crippen LogP contribution in [-0.4, -0.2) is 46.2 Å². The number of nitrogens with two attached hydrogens (primary N) is 1. The van der Waals surface area contributed by atoms with Gasteiger partial charge in [0.15, 0.2) is 0 Å². The zero-order chi connectivity index (χ0) is 17.5. The van der Waals surface area contributed by atoms with E-state index >= 15 is 0 Å². The van der Waals surface area contributed by atoms with Gasteiger partial charge < -0.3 is 15.8 Å². The van der Waals surface area contributed by atoms with E-state index in [0.29, 0.717) is 0 Å². The summed E-state index contributed by atoms with van der Waals surface area (Å²) in [5.74, 6) is 0.278. The first kappa shape index (κ1) is 15.9. The van der Waals surface area contributed by atoms with E-state index in [1.54, 1.807) is 23.7 Å². The molecule has 5 heterocycles. The second-order valence-electron chi connectivity index (χ2n) is 6.38. The van der Waals surface area contributed by atoms with E-state index in [-0.39, 0.29) is 18.3 Å². The van der Waals surface area contributed by atoms with Crippen LogP contribution in [0.2, 0.25) is 0 Å². The number of aromatic nitrogens is 3. The number of hydrogen-bond acceptors (Lipinski definition) is 9. The van der Waals surface area contributed by atoms with Gasteiger partial charge in [0.25, 0.3) is 0 Å². The summed E-state index contributed by atoms with van der Waals surface area (Å²) in [6, 6.07) is 2.07. The van der Waals surface area contributed by atoms with Gasteiger partial charge in [-0.25, -0.2) is 9.97 Å². The standard InChI is InChI=1S/C17H19N7OS/c18-17-20-7-10(8-21-17)15-22-13-11-9-19-2-1-12(11)26-14(13)16(23-15)24-3-5-25-6-4-24/h1-2,7-9,15-16,22-23H,3-6H2,(H2,18,20,21). The maximum Gasteiger partial charge on any atom is 0.219 e. The van der Waals surface area contributed by atoms with E-state index in [9.17, 15) is 0 Å². The quantitative estimate of drug-likeness (QED) is 0.628. The molecule has 0 spiro atoms.